The minimum Gasteiger partial charge on any atom is -0.383 e. The number of nitrogens with one attached hydrogen (secondary N) is 1. The molecule has 0 aromatic carbocycles. The van der Waals surface area contributed by atoms with Gasteiger partial charge in [0, 0.05) is 26.4 Å². The molecule has 21 heavy (non-hydrogen) atoms. The molecule has 0 radical (unpaired) electrons. The van der Waals surface area contributed by atoms with Crippen molar-refractivity contribution in [1.29, 1.82) is 0 Å². The first kappa shape index (κ1) is 15.0. The molecule has 2 saturated carbocycles. The zero-order chi connectivity index (χ0) is 14.5. The average molecular weight is 291 g/mol. The summed E-state index contributed by atoms with van der Waals surface area (Å²) in [6, 6.07) is 2.91. The predicted molar refractivity (Wildman–Crippen MR) is 84.5 cm³/mol. The zero-order valence-corrected chi connectivity index (χ0v) is 13.3. The molecule has 0 bridgehead atoms. The molecule has 1 aromatic heterocycles. The number of ether oxygens (including phenoxy) is 1. The van der Waals surface area contributed by atoms with Crippen LogP contribution in [-0.4, -0.2) is 36.6 Å². The first-order chi connectivity index (χ1) is 10.3. The molecule has 4 nitrogen and oxygen atoms in total. The Hall–Kier alpha value is -0.870. The van der Waals surface area contributed by atoms with E-state index in [1.807, 2.05) is 0 Å². The van der Waals surface area contributed by atoms with Gasteiger partial charge in [0.1, 0.15) is 0 Å². The Kier molecular flexibility index (Phi) is 4.96. The van der Waals surface area contributed by atoms with Gasteiger partial charge in [0.25, 0.3) is 0 Å². The van der Waals surface area contributed by atoms with Crippen LogP contribution in [0.1, 0.15) is 56.7 Å². The maximum Gasteiger partial charge on any atom is 0.0630 e. The lowest BCUT2D eigenvalue weighted by atomic mass is 9.66. The lowest BCUT2D eigenvalue weighted by molar-refractivity contribution is 0.121. The highest BCUT2D eigenvalue weighted by Crippen LogP contribution is 2.43. The molecule has 3 rings (SSSR count). The maximum atomic E-state index is 5.11. The highest BCUT2D eigenvalue weighted by Gasteiger charge is 2.37. The fraction of sp³-hybridized carbons (Fsp3) is 0.824. The number of aromatic nitrogens is 2. The third-order valence-corrected chi connectivity index (χ3v) is 5.32. The highest BCUT2D eigenvalue weighted by molar-refractivity contribution is 5.07. The van der Waals surface area contributed by atoms with Gasteiger partial charge in [0.2, 0.25) is 0 Å². The molecular formula is C17H29N3O. The van der Waals surface area contributed by atoms with Crippen molar-refractivity contribution in [1.82, 2.24) is 15.1 Å². The highest BCUT2D eigenvalue weighted by atomic mass is 16.5. The van der Waals surface area contributed by atoms with Gasteiger partial charge in [-0.05, 0) is 43.6 Å². The second-order valence-electron chi connectivity index (χ2n) is 6.93. The standard InChI is InChI=1S/C17H29N3O/c1-21-12-10-18-14-17(8-4-9-17)13-15-7-11-20(19-15)16-5-2-3-6-16/h7,11,16,18H,2-6,8-10,12-14H2,1H3. The molecule has 0 spiro atoms. The van der Waals surface area contributed by atoms with Crippen LogP contribution in [0, 0.1) is 5.41 Å². The lowest BCUT2D eigenvalue weighted by Gasteiger charge is -2.42. The number of hydrogen-bond acceptors (Lipinski definition) is 3. The van der Waals surface area contributed by atoms with Crippen LogP contribution in [0.5, 0.6) is 0 Å². The van der Waals surface area contributed by atoms with E-state index in [1.165, 1.54) is 50.6 Å². The number of nitrogens with zero attached hydrogens (tertiary/aromatic N) is 2. The Balaban J connectivity index is 1.53. The fourth-order valence-corrected chi connectivity index (χ4v) is 3.85. The molecule has 1 aromatic rings. The molecule has 0 unspecified atom stereocenters. The Morgan fingerprint density at radius 1 is 1.33 bits per heavy atom. The molecule has 0 amide bonds. The van der Waals surface area contributed by atoms with E-state index in [-0.39, 0.29) is 0 Å². The van der Waals surface area contributed by atoms with Crippen LogP contribution in [0.3, 0.4) is 0 Å². The van der Waals surface area contributed by atoms with Crippen LogP contribution >= 0.6 is 0 Å². The normalized spacial score (nSPS) is 21.6. The van der Waals surface area contributed by atoms with Crippen LogP contribution in [0.15, 0.2) is 12.3 Å². The van der Waals surface area contributed by atoms with E-state index in [2.05, 4.69) is 22.3 Å². The summed E-state index contributed by atoms with van der Waals surface area (Å²) < 4.78 is 7.34. The van der Waals surface area contributed by atoms with Crippen molar-refractivity contribution in [3.63, 3.8) is 0 Å². The van der Waals surface area contributed by atoms with Gasteiger partial charge in [-0.25, -0.2) is 0 Å². The van der Waals surface area contributed by atoms with Gasteiger partial charge >= 0.3 is 0 Å². The first-order valence-electron chi connectivity index (χ1n) is 8.55. The van der Waals surface area contributed by atoms with E-state index in [4.69, 9.17) is 9.84 Å². The van der Waals surface area contributed by atoms with Gasteiger partial charge in [0.05, 0.1) is 18.3 Å². The van der Waals surface area contributed by atoms with E-state index in [1.54, 1.807) is 7.11 Å². The molecule has 1 N–H and O–H groups in total. The topological polar surface area (TPSA) is 39.1 Å². The molecular weight excluding hydrogens is 262 g/mol. The number of rotatable bonds is 8. The van der Waals surface area contributed by atoms with E-state index < -0.39 is 0 Å². The second kappa shape index (κ2) is 6.93. The summed E-state index contributed by atoms with van der Waals surface area (Å²) in [4.78, 5) is 0. The summed E-state index contributed by atoms with van der Waals surface area (Å²) in [5, 5.41) is 8.42. The summed E-state index contributed by atoms with van der Waals surface area (Å²) in [5.41, 5.74) is 1.73. The summed E-state index contributed by atoms with van der Waals surface area (Å²) in [7, 11) is 1.76. The third-order valence-electron chi connectivity index (χ3n) is 5.32. The Morgan fingerprint density at radius 3 is 2.81 bits per heavy atom. The van der Waals surface area contributed by atoms with Gasteiger partial charge < -0.3 is 10.1 Å². The Bertz CT molecular complexity index is 433. The Labute approximate surface area is 128 Å². The van der Waals surface area contributed by atoms with Gasteiger partial charge in [-0.3, -0.25) is 4.68 Å². The van der Waals surface area contributed by atoms with Gasteiger partial charge in [-0.1, -0.05) is 19.3 Å². The van der Waals surface area contributed by atoms with Crippen molar-refractivity contribution < 1.29 is 4.74 Å². The first-order valence-corrected chi connectivity index (χ1v) is 8.55. The van der Waals surface area contributed by atoms with Gasteiger partial charge in [0.15, 0.2) is 0 Å². The number of hydrogen-bond donors (Lipinski definition) is 1. The summed E-state index contributed by atoms with van der Waals surface area (Å²) in [6.07, 6.45) is 12.7. The Morgan fingerprint density at radius 2 is 2.14 bits per heavy atom. The van der Waals surface area contributed by atoms with Crippen LogP contribution in [0.4, 0.5) is 0 Å². The van der Waals surface area contributed by atoms with Crippen molar-refractivity contribution in [2.45, 2.75) is 57.4 Å². The van der Waals surface area contributed by atoms with Crippen LogP contribution < -0.4 is 5.32 Å². The van der Waals surface area contributed by atoms with E-state index in [0.29, 0.717) is 11.5 Å². The monoisotopic (exact) mass is 291 g/mol. The van der Waals surface area contributed by atoms with Crippen molar-refractivity contribution in [3.8, 4) is 0 Å². The van der Waals surface area contributed by atoms with Crippen LogP contribution in [0.25, 0.3) is 0 Å². The number of methoxy groups -OCH3 is 1. The third kappa shape index (κ3) is 3.67. The minimum absolute atomic E-state index is 0.447. The zero-order valence-electron chi connectivity index (χ0n) is 13.3. The van der Waals surface area contributed by atoms with E-state index >= 15 is 0 Å². The molecule has 2 aliphatic rings. The van der Waals surface area contributed by atoms with Gasteiger partial charge in [-0.2, -0.15) is 5.10 Å². The average Bonchev–Trinajstić information content (AvgIpc) is 3.11. The minimum atomic E-state index is 0.447. The second-order valence-corrected chi connectivity index (χ2v) is 6.93. The molecule has 118 valence electrons. The fourth-order valence-electron chi connectivity index (χ4n) is 3.85. The SMILES string of the molecule is COCCNCC1(Cc2ccn(C3CCCC3)n2)CCC1. The smallest absolute Gasteiger partial charge is 0.0630 e. The molecule has 2 fully saturated rings. The van der Waals surface area contributed by atoms with Crippen molar-refractivity contribution in [2.24, 2.45) is 5.41 Å². The molecule has 4 heteroatoms. The van der Waals surface area contributed by atoms with Crippen molar-refractivity contribution in [3.05, 3.63) is 18.0 Å². The molecule has 0 atom stereocenters. The largest absolute Gasteiger partial charge is 0.383 e. The predicted octanol–water partition coefficient (Wildman–Crippen LogP) is 2.95. The van der Waals surface area contributed by atoms with Gasteiger partial charge in [-0.15, -0.1) is 0 Å². The molecule has 0 saturated heterocycles. The maximum absolute atomic E-state index is 5.11. The summed E-state index contributed by atoms with van der Waals surface area (Å²) >= 11 is 0. The van der Waals surface area contributed by atoms with E-state index in [0.717, 1.165) is 26.1 Å². The molecule has 0 aliphatic heterocycles. The summed E-state index contributed by atoms with van der Waals surface area (Å²) in [5.74, 6) is 0. The molecule has 1 heterocycles. The lowest BCUT2D eigenvalue weighted by Crippen LogP contribution is -2.42. The van der Waals surface area contributed by atoms with Crippen LogP contribution in [0.2, 0.25) is 0 Å². The quantitative estimate of drug-likeness (QED) is 0.749. The van der Waals surface area contributed by atoms with Crippen LogP contribution in [-0.2, 0) is 11.2 Å². The van der Waals surface area contributed by atoms with Crippen molar-refractivity contribution in [2.75, 3.05) is 26.8 Å². The summed E-state index contributed by atoms with van der Waals surface area (Å²) in [6.45, 7) is 2.85. The van der Waals surface area contributed by atoms with Crippen molar-refractivity contribution >= 4 is 0 Å². The van der Waals surface area contributed by atoms with E-state index in [9.17, 15) is 0 Å². The molecule has 2 aliphatic carbocycles.